The average Bonchev–Trinajstić information content (AvgIpc) is 3.35. The van der Waals surface area contributed by atoms with Crippen LogP contribution >= 0.6 is 0 Å². The zero-order chi connectivity index (χ0) is 27.1. The van der Waals surface area contributed by atoms with E-state index in [-0.39, 0.29) is 43.5 Å². The van der Waals surface area contributed by atoms with Gasteiger partial charge in [-0.1, -0.05) is 43.3 Å². The zero-order valence-electron chi connectivity index (χ0n) is 22.0. The van der Waals surface area contributed by atoms with Gasteiger partial charge in [-0.3, -0.25) is 14.5 Å². The molecule has 0 spiro atoms. The summed E-state index contributed by atoms with van der Waals surface area (Å²) in [5.41, 5.74) is 3.18. The second kappa shape index (κ2) is 13.3. The van der Waals surface area contributed by atoms with Gasteiger partial charge in [-0.05, 0) is 42.6 Å². The number of aliphatic hydroxyl groups is 1. The van der Waals surface area contributed by atoms with E-state index in [1.54, 1.807) is 13.2 Å². The number of nitrogens with one attached hydrogen (secondary N) is 1. The molecule has 0 radical (unpaired) electrons. The van der Waals surface area contributed by atoms with E-state index in [2.05, 4.69) is 17.1 Å². The van der Waals surface area contributed by atoms with E-state index in [1.165, 1.54) is 0 Å². The van der Waals surface area contributed by atoms with E-state index in [1.807, 2.05) is 42.5 Å². The Balaban J connectivity index is 1.56. The highest BCUT2D eigenvalue weighted by molar-refractivity contribution is 5.92. The fourth-order valence-corrected chi connectivity index (χ4v) is 5.28. The summed E-state index contributed by atoms with van der Waals surface area (Å²) < 4.78 is 18.6. The van der Waals surface area contributed by atoms with E-state index in [9.17, 15) is 14.7 Å². The van der Waals surface area contributed by atoms with Crippen molar-refractivity contribution in [2.75, 3.05) is 32.1 Å². The van der Waals surface area contributed by atoms with Crippen LogP contribution in [0.4, 0.5) is 5.69 Å². The van der Waals surface area contributed by atoms with E-state index in [4.69, 9.17) is 19.3 Å². The number of hydrogen-bond donors (Lipinski definition) is 3. The lowest BCUT2D eigenvalue weighted by Crippen LogP contribution is -2.46. The van der Waals surface area contributed by atoms with Crippen molar-refractivity contribution >= 4 is 17.6 Å². The van der Waals surface area contributed by atoms with Gasteiger partial charge in [0, 0.05) is 43.3 Å². The third-order valence-electron chi connectivity index (χ3n) is 7.40. The van der Waals surface area contributed by atoms with Crippen LogP contribution in [0.25, 0.3) is 0 Å². The molecule has 2 saturated heterocycles. The molecular formula is C29H38N2O7. The van der Waals surface area contributed by atoms with Gasteiger partial charge in [0.15, 0.2) is 6.29 Å². The lowest BCUT2D eigenvalue weighted by Gasteiger charge is -2.43. The van der Waals surface area contributed by atoms with Gasteiger partial charge in [-0.2, -0.15) is 0 Å². The first-order chi connectivity index (χ1) is 18.4. The normalized spacial score (nSPS) is 25.8. The van der Waals surface area contributed by atoms with Gasteiger partial charge in [-0.15, -0.1) is 0 Å². The number of likely N-dealkylation sites (tertiary alicyclic amines) is 1. The van der Waals surface area contributed by atoms with Gasteiger partial charge < -0.3 is 29.7 Å². The quantitative estimate of drug-likeness (QED) is 0.404. The molecule has 5 unspecified atom stereocenters. The molecule has 2 aliphatic rings. The van der Waals surface area contributed by atoms with E-state index >= 15 is 0 Å². The Morgan fingerprint density at radius 3 is 2.61 bits per heavy atom. The molecule has 3 N–H and O–H groups in total. The minimum absolute atomic E-state index is 0.0173. The maximum Gasteiger partial charge on any atom is 0.303 e. The molecule has 2 aliphatic heterocycles. The molecule has 0 saturated carbocycles. The van der Waals surface area contributed by atoms with Gasteiger partial charge in [0.1, 0.15) is 0 Å². The third kappa shape index (κ3) is 7.18. The monoisotopic (exact) mass is 526 g/mol. The SMILES string of the molecule is COCC1CCCN1CC1OC(c2cccc(NC(=O)CCC(=O)O)c2)OC(c2ccc(CO)cc2)C1C. The predicted octanol–water partition coefficient (Wildman–Crippen LogP) is 3.88. The van der Waals surface area contributed by atoms with Crippen LogP contribution in [0.2, 0.25) is 0 Å². The molecule has 206 valence electrons. The van der Waals surface area contributed by atoms with Crippen LogP contribution < -0.4 is 5.32 Å². The van der Waals surface area contributed by atoms with Crippen molar-refractivity contribution in [3.05, 3.63) is 65.2 Å². The van der Waals surface area contributed by atoms with Crippen molar-refractivity contribution in [3.8, 4) is 0 Å². The Kier molecular flexibility index (Phi) is 9.87. The number of carboxylic acid groups (broad SMARTS) is 1. The lowest BCUT2D eigenvalue weighted by molar-refractivity contribution is -0.276. The first-order valence-corrected chi connectivity index (χ1v) is 13.2. The standard InChI is InChI=1S/C29H38N2O7/c1-19-25(16-31-14-4-7-24(31)18-36-2)37-29(38-28(19)21-10-8-20(17-32)9-11-21)22-5-3-6-23(15-22)30-26(33)12-13-27(34)35/h3,5-6,8-11,15,19,24-25,28-29,32H,4,7,12-14,16-18H2,1-2H3,(H,30,33)(H,34,35). The van der Waals surface area contributed by atoms with Crippen LogP contribution in [0.5, 0.6) is 0 Å². The molecular weight excluding hydrogens is 488 g/mol. The smallest absolute Gasteiger partial charge is 0.303 e. The number of aliphatic carboxylic acids is 1. The number of nitrogens with zero attached hydrogens (tertiary/aromatic N) is 1. The van der Waals surface area contributed by atoms with E-state index in [0.717, 1.165) is 42.6 Å². The van der Waals surface area contributed by atoms with Crippen molar-refractivity contribution in [1.82, 2.24) is 4.90 Å². The Bertz CT molecular complexity index is 1080. The van der Waals surface area contributed by atoms with Crippen LogP contribution in [0.1, 0.15) is 61.7 Å². The summed E-state index contributed by atoms with van der Waals surface area (Å²) in [5, 5.41) is 21.1. The summed E-state index contributed by atoms with van der Waals surface area (Å²) in [6, 6.07) is 15.5. The summed E-state index contributed by atoms with van der Waals surface area (Å²) >= 11 is 0. The number of benzene rings is 2. The molecule has 5 atom stereocenters. The number of rotatable bonds is 11. The topological polar surface area (TPSA) is 118 Å². The molecule has 2 aromatic rings. The highest BCUT2D eigenvalue weighted by atomic mass is 16.7. The zero-order valence-corrected chi connectivity index (χ0v) is 22.0. The molecule has 4 rings (SSSR count). The Morgan fingerprint density at radius 1 is 1.11 bits per heavy atom. The Morgan fingerprint density at radius 2 is 1.89 bits per heavy atom. The fourth-order valence-electron chi connectivity index (χ4n) is 5.28. The van der Waals surface area contributed by atoms with Crippen LogP contribution in [0, 0.1) is 5.92 Å². The van der Waals surface area contributed by atoms with Crippen LogP contribution in [-0.4, -0.2) is 65.9 Å². The molecule has 0 bridgehead atoms. The predicted molar refractivity (Wildman–Crippen MR) is 141 cm³/mol. The van der Waals surface area contributed by atoms with Crippen LogP contribution in [-0.2, 0) is 30.4 Å². The molecule has 38 heavy (non-hydrogen) atoms. The van der Waals surface area contributed by atoms with Crippen molar-refractivity contribution in [1.29, 1.82) is 0 Å². The molecule has 2 aromatic carbocycles. The van der Waals surface area contributed by atoms with Gasteiger partial charge >= 0.3 is 5.97 Å². The maximum absolute atomic E-state index is 12.2. The lowest BCUT2D eigenvalue weighted by atomic mass is 9.90. The molecule has 9 heteroatoms. The number of ether oxygens (including phenoxy) is 3. The Hall–Kier alpha value is -2.82. The number of carbonyl (C=O) groups is 2. The third-order valence-corrected chi connectivity index (χ3v) is 7.40. The van der Waals surface area contributed by atoms with Gasteiger partial charge in [0.25, 0.3) is 0 Å². The summed E-state index contributed by atoms with van der Waals surface area (Å²) in [7, 11) is 1.74. The van der Waals surface area contributed by atoms with Crippen molar-refractivity contribution in [3.63, 3.8) is 0 Å². The summed E-state index contributed by atoms with van der Waals surface area (Å²) in [6.45, 7) is 4.57. The summed E-state index contributed by atoms with van der Waals surface area (Å²) in [6.07, 6.45) is 0.913. The number of aliphatic hydroxyl groups excluding tert-OH is 1. The Labute approximate surface area is 223 Å². The highest BCUT2D eigenvalue weighted by Gasteiger charge is 2.40. The molecule has 2 fully saturated rings. The number of hydrogen-bond acceptors (Lipinski definition) is 7. The summed E-state index contributed by atoms with van der Waals surface area (Å²) in [5.74, 6) is -1.31. The second-order valence-corrected chi connectivity index (χ2v) is 10.1. The van der Waals surface area contributed by atoms with Gasteiger partial charge in [0.05, 0.1) is 31.8 Å². The highest BCUT2D eigenvalue weighted by Crippen LogP contribution is 2.42. The molecule has 1 amide bonds. The second-order valence-electron chi connectivity index (χ2n) is 10.1. The molecule has 0 aliphatic carbocycles. The molecule has 9 nitrogen and oxygen atoms in total. The largest absolute Gasteiger partial charge is 0.481 e. The van der Waals surface area contributed by atoms with Gasteiger partial charge in [-0.25, -0.2) is 0 Å². The minimum atomic E-state index is -1.01. The molecule has 0 aromatic heterocycles. The van der Waals surface area contributed by atoms with Crippen molar-refractivity contribution < 1.29 is 34.0 Å². The van der Waals surface area contributed by atoms with Crippen LogP contribution in [0.15, 0.2) is 48.5 Å². The number of carbonyl (C=O) groups excluding carboxylic acids is 1. The number of anilines is 1. The van der Waals surface area contributed by atoms with Crippen LogP contribution in [0.3, 0.4) is 0 Å². The first-order valence-electron chi connectivity index (χ1n) is 13.2. The average molecular weight is 527 g/mol. The minimum Gasteiger partial charge on any atom is -0.481 e. The maximum atomic E-state index is 12.2. The number of amides is 1. The van der Waals surface area contributed by atoms with E-state index < -0.39 is 12.3 Å². The van der Waals surface area contributed by atoms with Crippen molar-refractivity contribution in [2.45, 2.75) is 63.8 Å². The van der Waals surface area contributed by atoms with Gasteiger partial charge in [0.2, 0.25) is 5.91 Å². The number of carboxylic acids is 1. The molecule has 2 heterocycles. The fraction of sp³-hybridized carbons (Fsp3) is 0.517. The van der Waals surface area contributed by atoms with E-state index in [0.29, 0.717) is 18.3 Å². The first kappa shape index (κ1) is 28.2. The van der Waals surface area contributed by atoms with Crippen molar-refractivity contribution in [2.24, 2.45) is 5.92 Å². The number of methoxy groups -OCH3 is 1. The summed E-state index contributed by atoms with van der Waals surface area (Å²) in [4.78, 5) is 25.4.